The van der Waals surface area contributed by atoms with Gasteiger partial charge in [0.05, 0.1) is 16.1 Å². The Balaban J connectivity index is 1.93. The van der Waals surface area contributed by atoms with Crippen molar-refractivity contribution in [3.8, 4) is 10.4 Å². The summed E-state index contributed by atoms with van der Waals surface area (Å²) in [6.07, 6.45) is 0. The Kier molecular flexibility index (Phi) is 4.61. The number of thiophene rings is 1. The van der Waals surface area contributed by atoms with Crippen LogP contribution in [-0.4, -0.2) is 19.5 Å². The summed E-state index contributed by atoms with van der Waals surface area (Å²) in [5.74, 6) is -1.02. The molecule has 128 valence electrons. The van der Waals surface area contributed by atoms with Crippen molar-refractivity contribution in [3.63, 3.8) is 0 Å². The van der Waals surface area contributed by atoms with Crippen LogP contribution in [0.25, 0.3) is 10.4 Å². The zero-order valence-corrected chi connectivity index (χ0v) is 14.9. The van der Waals surface area contributed by atoms with Crippen molar-refractivity contribution in [2.24, 2.45) is 0 Å². The monoisotopic (exact) mass is 373 g/mol. The van der Waals surface area contributed by atoms with Crippen LogP contribution < -0.4 is 4.72 Å². The van der Waals surface area contributed by atoms with E-state index in [4.69, 9.17) is 0 Å². The van der Waals surface area contributed by atoms with E-state index in [1.807, 2.05) is 0 Å². The topological polar surface area (TPSA) is 83.5 Å². The number of anilines is 1. The Bertz CT molecular complexity index is 1040. The van der Waals surface area contributed by atoms with Crippen LogP contribution in [0.1, 0.15) is 15.9 Å². The summed E-state index contributed by atoms with van der Waals surface area (Å²) >= 11 is 1.28. The molecule has 1 aromatic heterocycles. The average Bonchev–Trinajstić information content (AvgIpc) is 3.02. The van der Waals surface area contributed by atoms with Gasteiger partial charge in [0.2, 0.25) is 0 Å². The molecule has 0 saturated heterocycles. The van der Waals surface area contributed by atoms with E-state index in [2.05, 4.69) is 4.72 Å². The third-order valence-corrected chi connectivity index (χ3v) is 6.16. The minimum Gasteiger partial charge on any atom is -0.478 e. The molecule has 0 spiro atoms. The molecule has 0 atom stereocenters. The lowest BCUT2D eigenvalue weighted by atomic mass is 10.1. The van der Waals surface area contributed by atoms with Gasteiger partial charge in [-0.1, -0.05) is 36.4 Å². The fraction of sp³-hybridized carbons (Fsp3) is 0.0556. The van der Waals surface area contributed by atoms with E-state index in [-0.39, 0.29) is 10.5 Å². The molecule has 2 N–H and O–H groups in total. The lowest BCUT2D eigenvalue weighted by Crippen LogP contribution is -2.13. The fourth-order valence-electron chi connectivity index (χ4n) is 2.48. The van der Waals surface area contributed by atoms with Crippen LogP contribution in [0, 0.1) is 6.92 Å². The first-order valence-corrected chi connectivity index (χ1v) is 9.74. The molecule has 7 heteroatoms. The number of sulfonamides is 1. The molecule has 3 rings (SSSR count). The molecular formula is C18H15NO4S2. The van der Waals surface area contributed by atoms with E-state index in [0.717, 1.165) is 0 Å². The molecule has 0 radical (unpaired) electrons. The number of carboxylic acid groups (broad SMARTS) is 1. The molecule has 0 aliphatic rings. The molecule has 1 heterocycles. The molecule has 25 heavy (non-hydrogen) atoms. The van der Waals surface area contributed by atoms with E-state index in [1.165, 1.54) is 17.4 Å². The quantitative estimate of drug-likeness (QED) is 0.701. The summed E-state index contributed by atoms with van der Waals surface area (Å²) in [6.45, 7) is 1.73. The standard InChI is InChI=1S/C18H15NO4S2/c1-12-6-2-5-9-17(12)25(22,23)19-13-10-16(24-11-13)14-7-3-4-8-15(14)18(20)21/h2-11,19H,1H3,(H,20,21). The molecule has 0 bridgehead atoms. The SMILES string of the molecule is Cc1ccccc1S(=O)(=O)Nc1csc(-c2ccccc2C(=O)O)c1. The predicted molar refractivity (Wildman–Crippen MR) is 98.7 cm³/mol. The third-order valence-electron chi connectivity index (χ3n) is 3.66. The molecule has 0 fully saturated rings. The zero-order valence-electron chi connectivity index (χ0n) is 13.3. The molecule has 0 amide bonds. The fourth-order valence-corrected chi connectivity index (χ4v) is 4.73. The van der Waals surface area contributed by atoms with Crippen LogP contribution in [0.4, 0.5) is 5.69 Å². The van der Waals surface area contributed by atoms with Gasteiger partial charge in [-0.25, -0.2) is 13.2 Å². The molecule has 5 nitrogen and oxygen atoms in total. The number of carbonyl (C=O) groups is 1. The average molecular weight is 373 g/mol. The Morgan fingerprint density at radius 1 is 1.08 bits per heavy atom. The molecule has 3 aromatic rings. The number of hydrogen-bond donors (Lipinski definition) is 2. The first-order chi connectivity index (χ1) is 11.9. The number of aromatic carboxylic acids is 1. The largest absolute Gasteiger partial charge is 0.478 e. The molecule has 0 unspecified atom stereocenters. The summed E-state index contributed by atoms with van der Waals surface area (Å²) in [7, 11) is -3.70. The number of hydrogen-bond acceptors (Lipinski definition) is 4. The number of rotatable bonds is 5. The van der Waals surface area contributed by atoms with Crippen molar-refractivity contribution in [2.75, 3.05) is 4.72 Å². The van der Waals surface area contributed by atoms with Crippen molar-refractivity contribution in [3.05, 3.63) is 71.1 Å². The van der Waals surface area contributed by atoms with E-state index in [0.29, 0.717) is 21.7 Å². The van der Waals surface area contributed by atoms with Crippen LogP contribution >= 0.6 is 11.3 Å². The number of benzene rings is 2. The molecule has 0 aliphatic carbocycles. The van der Waals surface area contributed by atoms with Crippen molar-refractivity contribution in [1.29, 1.82) is 0 Å². The Morgan fingerprint density at radius 3 is 2.48 bits per heavy atom. The van der Waals surface area contributed by atoms with Gasteiger partial charge in [0.25, 0.3) is 10.0 Å². The highest BCUT2D eigenvalue weighted by molar-refractivity contribution is 7.92. The first-order valence-electron chi connectivity index (χ1n) is 7.38. The summed E-state index contributed by atoms with van der Waals surface area (Å²) in [4.78, 5) is 12.2. The second-order valence-corrected chi connectivity index (χ2v) is 7.98. The van der Waals surface area contributed by atoms with Crippen molar-refractivity contribution in [2.45, 2.75) is 11.8 Å². The molecule has 0 saturated carbocycles. The number of nitrogens with one attached hydrogen (secondary N) is 1. The Morgan fingerprint density at radius 2 is 1.76 bits per heavy atom. The van der Waals surface area contributed by atoms with Crippen LogP contribution in [0.3, 0.4) is 0 Å². The van der Waals surface area contributed by atoms with Crippen molar-refractivity contribution < 1.29 is 18.3 Å². The number of carboxylic acids is 1. The first kappa shape index (κ1) is 17.2. The van der Waals surface area contributed by atoms with Gasteiger partial charge >= 0.3 is 5.97 Å². The minimum atomic E-state index is -3.70. The van der Waals surface area contributed by atoms with Crippen LogP contribution in [-0.2, 0) is 10.0 Å². The summed E-state index contributed by atoms with van der Waals surface area (Å²) in [6, 6.07) is 15.0. The van der Waals surface area contributed by atoms with E-state index in [1.54, 1.807) is 60.8 Å². The van der Waals surface area contributed by atoms with Crippen LogP contribution in [0.5, 0.6) is 0 Å². The third kappa shape index (κ3) is 3.57. The maximum Gasteiger partial charge on any atom is 0.336 e. The summed E-state index contributed by atoms with van der Waals surface area (Å²) in [5, 5.41) is 10.9. The zero-order chi connectivity index (χ0) is 18.0. The van der Waals surface area contributed by atoms with Gasteiger partial charge in [-0.05, 0) is 30.7 Å². The Hall–Kier alpha value is -2.64. The van der Waals surface area contributed by atoms with Gasteiger partial charge in [0.15, 0.2) is 0 Å². The van der Waals surface area contributed by atoms with Crippen molar-refractivity contribution in [1.82, 2.24) is 0 Å². The van der Waals surface area contributed by atoms with E-state index < -0.39 is 16.0 Å². The lowest BCUT2D eigenvalue weighted by molar-refractivity contribution is 0.0697. The van der Waals surface area contributed by atoms with Gasteiger partial charge in [0.1, 0.15) is 0 Å². The Labute approximate surface area is 149 Å². The van der Waals surface area contributed by atoms with Crippen LogP contribution in [0.15, 0.2) is 64.9 Å². The number of aryl methyl sites for hydroxylation is 1. The van der Waals surface area contributed by atoms with Crippen molar-refractivity contribution >= 4 is 33.0 Å². The normalized spacial score (nSPS) is 11.2. The highest BCUT2D eigenvalue weighted by Crippen LogP contribution is 2.33. The van der Waals surface area contributed by atoms with E-state index >= 15 is 0 Å². The van der Waals surface area contributed by atoms with Gasteiger partial charge in [-0.2, -0.15) is 0 Å². The lowest BCUT2D eigenvalue weighted by Gasteiger charge is -2.08. The highest BCUT2D eigenvalue weighted by atomic mass is 32.2. The van der Waals surface area contributed by atoms with Gasteiger partial charge in [-0.15, -0.1) is 11.3 Å². The second kappa shape index (κ2) is 6.70. The maximum atomic E-state index is 12.5. The maximum absolute atomic E-state index is 12.5. The van der Waals surface area contributed by atoms with Gasteiger partial charge in [0, 0.05) is 15.8 Å². The molecular weight excluding hydrogens is 358 g/mol. The molecule has 0 aliphatic heterocycles. The van der Waals surface area contributed by atoms with Crippen LogP contribution in [0.2, 0.25) is 0 Å². The van der Waals surface area contributed by atoms with E-state index in [9.17, 15) is 18.3 Å². The highest BCUT2D eigenvalue weighted by Gasteiger charge is 2.18. The summed E-state index contributed by atoms with van der Waals surface area (Å²) in [5.41, 5.74) is 1.80. The predicted octanol–water partition coefficient (Wildman–Crippen LogP) is 4.22. The smallest absolute Gasteiger partial charge is 0.336 e. The van der Waals surface area contributed by atoms with Gasteiger partial charge in [-0.3, -0.25) is 4.72 Å². The van der Waals surface area contributed by atoms with Gasteiger partial charge < -0.3 is 5.11 Å². The summed E-state index contributed by atoms with van der Waals surface area (Å²) < 4.78 is 27.6. The molecule has 2 aromatic carbocycles. The minimum absolute atomic E-state index is 0.178. The second-order valence-electron chi connectivity index (χ2n) is 5.42.